The van der Waals surface area contributed by atoms with Crippen LogP contribution in [0.25, 0.3) is 0 Å². The largest absolute Gasteiger partial charge is 0.300 e. The first kappa shape index (κ1) is 17.2. The van der Waals surface area contributed by atoms with Crippen LogP contribution >= 0.6 is 9.24 Å². The minimum atomic E-state index is -0.126. The van der Waals surface area contributed by atoms with E-state index < -0.39 is 0 Å². The second-order valence-corrected chi connectivity index (χ2v) is 5.02. The average molecular weight is 273 g/mol. The van der Waals surface area contributed by atoms with Crippen LogP contribution < -0.4 is 0 Å². The number of Topliss-reactive ketones (excluding diaryl/α,β-unsaturated/α-hetero) is 1. The Balaban J connectivity index is 3.90. The highest BCUT2D eigenvalue weighted by Crippen LogP contribution is 2.13. The second-order valence-electron chi connectivity index (χ2n) is 4.44. The molecular weight excluding hydrogens is 249 g/mol. The minimum Gasteiger partial charge on any atom is -0.300 e. The summed E-state index contributed by atoms with van der Waals surface area (Å²) >= 11 is 0. The van der Waals surface area contributed by atoms with Crippen molar-refractivity contribution in [2.45, 2.75) is 46.0 Å². The standard InChI is InChI=1S/C13H24NO3P/c1-3-12(11(2)16)6-4-5-8-14(10-15)13(17)7-9-18/h10,12H,3-9,18H2,1-2H3/t12-/m0/s1. The van der Waals surface area contributed by atoms with E-state index in [0.29, 0.717) is 25.5 Å². The first-order valence-corrected chi connectivity index (χ1v) is 7.33. The highest BCUT2D eigenvalue weighted by molar-refractivity contribution is 7.16. The molecule has 1 unspecified atom stereocenters. The van der Waals surface area contributed by atoms with Gasteiger partial charge in [0.25, 0.3) is 0 Å². The molecule has 0 saturated heterocycles. The number of unbranched alkanes of at least 4 members (excludes halogenated alkanes) is 1. The third-order valence-electron chi connectivity index (χ3n) is 3.08. The summed E-state index contributed by atoms with van der Waals surface area (Å²) in [6.45, 7) is 4.09. The maximum absolute atomic E-state index is 11.5. The zero-order valence-electron chi connectivity index (χ0n) is 11.4. The zero-order valence-corrected chi connectivity index (χ0v) is 12.5. The summed E-state index contributed by atoms with van der Waals surface area (Å²) in [7, 11) is 2.47. The Kier molecular flexibility index (Phi) is 9.76. The normalized spacial score (nSPS) is 11.9. The van der Waals surface area contributed by atoms with Gasteiger partial charge in [-0.15, -0.1) is 9.24 Å². The number of carbonyl (C=O) groups is 3. The van der Waals surface area contributed by atoms with Gasteiger partial charge in [-0.05, 0) is 32.3 Å². The summed E-state index contributed by atoms with van der Waals surface area (Å²) in [6, 6.07) is 0. The van der Waals surface area contributed by atoms with Crippen LogP contribution in [0.2, 0.25) is 0 Å². The SMILES string of the molecule is CC[C@@H](CCCCN(C=O)C(=O)CCP)C(C)=O. The van der Waals surface area contributed by atoms with Gasteiger partial charge in [-0.2, -0.15) is 0 Å². The first-order valence-electron chi connectivity index (χ1n) is 6.52. The molecule has 0 spiro atoms. The number of imide groups is 1. The molecular formula is C13H24NO3P. The average Bonchev–Trinajstić information content (AvgIpc) is 2.33. The fourth-order valence-electron chi connectivity index (χ4n) is 1.87. The Hall–Kier alpha value is -0.760. The van der Waals surface area contributed by atoms with E-state index >= 15 is 0 Å². The maximum atomic E-state index is 11.5. The number of ketones is 1. The van der Waals surface area contributed by atoms with E-state index in [2.05, 4.69) is 9.24 Å². The van der Waals surface area contributed by atoms with Gasteiger partial charge < -0.3 is 0 Å². The Morgan fingerprint density at radius 2 is 2.00 bits per heavy atom. The summed E-state index contributed by atoms with van der Waals surface area (Å²) in [6.07, 6.45) is 5.00. The van der Waals surface area contributed by atoms with Crippen molar-refractivity contribution in [1.82, 2.24) is 4.90 Å². The minimum absolute atomic E-state index is 0.123. The van der Waals surface area contributed by atoms with Gasteiger partial charge in [-0.1, -0.05) is 13.3 Å². The fourth-order valence-corrected chi connectivity index (χ4v) is 2.12. The number of carbonyl (C=O) groups excluding carboxylic acids is 3. The Morgan fingerprint density at radius 1 is 1.33 bits per heavy atom. The predicted molar refractivity (Wildman–Crippen MR) is 75.3 cm³/mol. The molecule has 0 aliphatic carbocycles. The predicted octanol–water partition coefficient (Wildman–Crippen LogP) is 2.02. The van der Waals surface area contributed by atoms with Crippen LogP contribution in [0.5, 0.6) is 0 Å². The maximum Gasteiger partial charge on any atom is 0.229 e. The van der Waals surface area contributed by atoms with E-state index in [1.807, 2.05) is 6.92 Å². The Labute approximate surface area is 112 Å². The molecule has 5 heteroatoms. The summed E-state index contributed by atoms with van der Waals surface area (Å²) < 4.78 is 0. The molecule has 0 bridgehead atoms. The number of hydrogen-bond donors (Lipinski definition) is 0. The van der Waals surface area contributed by atoms with Crippen molar-refractivity contribution >= 4 is 27.3 Å². The van der Waals surface area contributed by atoms with Crippen LogP contribution in [0, 0.1) is 5.92 Å². The quantitative estimate of drug-likeness (QED) is 0.347. The molecule has 0 aromatic heterocycles. The van der Waals surface area contributed by atoms with Gasteiger partial charge in [0.2, 0.25) is 12.3 Å². The third kappa shape index (κ3) is 6.85. The number of nitrogens with zero attached hydrogens (tertiary/aromatic N) is 1. The molecule has 0 aromatic carbocycles. The summed E-state index contributed by atoms with van der Waals surface area (Å²) in [5.74, 6) is 0.222. The van der Waals surface area contributed by atoms with Gasteiger partial charge in [0, 0.05) is 18.9 Å². The third-order valence-corrected chi connectivity index (χ3v) is 3.36. The van der Waals surface area contributed by atoms with Gasteiger partial charge >= 0.3 is 0 Å². The molecule has 0 heterocycles. The van der Waals surface area contributed by atoms with E-state index in [-0.39, 0.29) is 17.6 Å². The summed E-state index contributed by atoms with van der Waals surface area (Å²) in [5, 5.41) is 0. The lowest BCUT2D eigenvalue weighted by Crippen LogP contribution is -2.30. The van der Waals surface area contributed by atoms with Crippen LogP contribution in [0.4, 0.5) is 0 Å². The molecule has 0 aliphatic heterocycles. The molecule has 2 atom stereocenters. The second kappa shape index (κ2) is 10.2. The van der Waals surface area contributed by atoms with Gasteiger partial charge in [-0.25, -0.2) is 0 Å². The van der Waals surface area contributed by atoms with Gasteiger partial charge in [-0.3, -0.25) is 19.3 Å². The smallest absolute Gasteiger partial charge is 0.229 e. The molecule has 0 aromatic rings. The van der Waals surface area contributed by atoms with Crippen LogP contribution in [0.1, 0.15) is 46.0 Å². The summed E-state index contributed by atoms with van der Waals surface area (Å²) in [5.41, 5.74) is 0. The lowest BCUT2D eigenvalue weighted by Gasteiger charge is -2.16. The van der Waals surface area contributed by atoms with Crippen molar-refractivity contribution in [2.75, 3.05) is 12.7 Å². The van der Waals surface area contributed by atoms with Crippen molar-refractivity contribution < 1.29 is 14.4 Å². The van der Waals surface area contributed by atoms with Crippen molar-refractivity contribution in [3.05, 3.63) is 0 Å². The van der Waals surface area contributed by atoms with E-state index in [9.17, 15) is 14.4 Å². The molecule has 0 aliphatic rings. The fraction of sp³-hybridized carbons (Fsp3) is 0.769. The molecule has 104 valence electrons. The molecule has 4 nitrogen and oxygen atoms in total. The zero-order chi connectivity index (χ0) is 14.0. The Bertz CT molecular complexity index is 281. The topological polar surface area (TPSA) is 54.5 Å². The van der Waals surface area contributed by atoms with Crippen LogP contribution in [0.15, 0.2) is 0 Å². The van der Waals surface area contributed by atoms with Crippen molar-refractivity contribution in [3.63, 3.8) is 0 Å². The van der Waals surface area contributed by atoms with Crippen molar-refractivity contribution in [1.29, 1.82) is 0 Å². The van der Waals surface area contributed by atoms with Crippen LogP contribution in [0.3, 0.4) is 0 Å². The molecule has 0 saturated carbocycles. The van der Waals surface area contributed by atoms with Crippen LogP contribution in [-0.2, 0) is 14.4 Å². The number of amides is 2. The number of rotatable bonds is 10. The monoisotopic (exact) mass is 273 g/mol. The van der Waals surface area contributed by atoms with Crippen molar-refractivity contribution in [2.24, 2.45) is 5.92 Å². The highest BCUT2D eigenvalue weighted by Gasteiger charge is 2.13. The van der Waals surface area contributed by atoms with Gasteiger partial charge in [0.15, 0.2) is 0 Å². The Morgan fingerprint density at radius 3 is 2.44 bits per heavy atom. The lowest BCUT2D eigenvalue weighted by atomic mass is 9.95. The van der Waals surface area contributed by atoms with Gasteiger partial charge in [0.05, 0.1) is 0 Å². The highest BCUT2D eigenvalue weighted by atomic mass is 31.0. The molecule has 0 radical (unpaired) electrons. The molecule has 0 N–H and O–H groups in total. The van der Waals surface area contributed by atoms with Gasteiger partial charge in [0.1, 0.15) is 5.78 Å². The van der Waals surface area contributed by atoms with E-state index in [1.165, 1.54) is 4.90 Å². The first-order chi connectivity index (χ1) is 8.56. The molecule has 0 fully saturated rings. The lowest BCUT2D eigenvalue weighted by molar-refractivity contribution is -0.138. The van der Waals surface area contributed by atoms with E-state index in [4.69, 9.17) is 0 Å². The molecule has 18 heavy (non-hydrogen) atoms. The van der Waals surface area contributed by atoms with E-state index in [1.54, 1.807) is 6.92 Å². The molecule has 0 rings (SSSR count). The van der Waals surface area contributed by atoms with Crippen molar-refractivity contribution in [3.8, 4) is 0 Å². The summed E-state index contributed by atoms with van der Waals surface area (Å²) in [4.78, 5) is 34.7. The van der Waals surface area contributed by atoms with Crippen LogP contribution in [-0.4, -0.2) is 35.7 Å². The number of hydrogen-bond acceptors (Lipinski definition) is 3. The van der Waals surface area contributed by atoms with E-state index in [0.717, 1.165) is 25.7 Å². The molecule has 2 amide bonds.